The Morgan fingerprint density at radius 2 is 0.815 bits per heavy atom. The Morgan fingerprint density at radius 1 is 0.537 bits per heavy atom. The van der Waals surface area contributed by atoms with Crippen LogP contribution in [0.3, 0.4) is 0 Å². The molecule has 2 rings (SSSR count). The standard InChI is InChI=1S/C15H24O7S.C14H22O5.C6H15N.CH3ClO2S/c1-10-11(8-7-9-22-23(6,16)17)13(19-3)15(21-5)14(20-4)12(10)18-2;1-9-10(7-6-8-15)12(17-3)14(19-5)13(18-4)11(9)16-2;1-4-7(5-2)6-3;1-5(2,3)4/h7-9H2,1-6H3;15H,6-8H2,1-5H3;4-6H2,1-3H3;1H3. The molecule has 0 spiro atoms. The molecule has 0 saturated heterocycles. The molecule has 2 aromatic rings. The molecule has 0 aliphatic carbocycles. The number of hydrogen-bond acceptors (Lipinski definition) is 15. The molecule has 0 radical (unpaired) electrons. The maximum atomic E-state index is 11.0. The molecular formula is C36H64ClNO14S2. The van der Waals surface area contributed by atoms with Crippen LogP contribution in [0.5, 0.6) is 46.0 Å². The van der Waals surface area contributed by atoms with E-state index in [2.05, 4.69) is 36.4 Å². The first-order valence-electron chi connectivity index (χ1n) is 17.1. The van der Waals surface area contributed by atoms with Gasteiger partial charge in [0.2, 0.25) is 32.0 Å². The molecule has 316 valence electrons. The zero-order valence-electron chi connectivity index (χ0n) is 34.8. The second-order valence-corrected chi connectivity index (χ2v) is 15.9. The minimum absolute atomic E-state index is 0.0953. The van der Waals surface area contributed by atoms with Crippen LogP contribution < -0.4 is 37.9 Å². The van der Waals surface area contributed by atoms with Gasteiger partial charge in [0.05, 0.1) is 76.0 Å². The second-order valence-electron chi connectivity index (χ2n) is 11.2. The molecule has 0 saturated carbocycles. The molecule has 0 aliphatic rings. The number of halogens is 1. The van der Waals surface area contributed by atoms with Crippen molar-refractivity contribution < 1.29 is 64.0 Å². The summed E-state index contributed by atoms with van der Waals surface area (Å²) in [5.41, 5.74) is 3.61. The summed E-state index contributed by atoms with van der Waals surface area (Å²) in [6.07, 6.45) is 4.33. The topological polar surface area (TPSA) is 175 Å². The zero-order chi connectivity index (χ0) is 42.2. The predicted molar refractivity (Wildman–Crippen MR) is 213 cm³/mol. The average molecular weight is 834 g/mol. The Kier molecular flexibility index (Phi) is 27.0. The summed E-state index contributed by atoms with van der Waals surface area (Å²) in [6, 6.07) is 0. The summed E-state index contributed by atoms with van der Waals surface area (Å²) < 4.78 is 88.8. The minimum atomic E-state index is -3.44. The lowest BCUT2D eigenvalue weighted by atomic mass is 10.00. The Labute approximate surface area is 328 Å². The lowest BCUT2D eigenvalue weighted by Crippen LogP contribution is -2.21. The van der Waals surface area contributed by atoms with E-state index in [1.165, 1.54) is 33.9 Å². The van der Waals surface area contributed by atoms with Crippen molar-refractivity contribution in [3.05, 3.63) is 22.3 Å². The first-order chi connectivity index (χ1) is 25.3. The third-order valence-electron chi connectivity index (χ3n) is 7.80. The monoisotopic (exact) mass is 833 g/mol. The molecule has 2 aromatic carbocycles. The van der Waals surface area contributed by atoms with E-state index < -0.39 is 19.2 Å². The van der Waals surface area contributed by atoms with E-state index in [-0.39, 0.29) is 13.2 Å². The number of benzene rings is 2. The van der Waals surface area contributed by atoms with Gasteiger partial charge in [0, 0.05) is 39.5 Å². The van der Waals surface area contributed by atoms with E-state index in [0.29, 0.717) is 71.7 Å². The zero-order valence-corrected chi connectivity index (χ0v) is 37.1. The largest absolute Gasteiger partial charge is 0.492 e. The van der Waals surface area contributed by atoms with E-state index >= 15 is 0 Å². The Balaban J connectivity index is 0. The molecule has 0 amide bonds. The van der Waals surface area contributed by atoms with E-state index in [4.69, 9.17) is 47.2 Å². The number of aliphatic hydroxyl groups excluding tert-OH is 1. The molecule has 15 nitrogen and oxygen atoms in total. The van der Waals surface area contributed by atoms with Gasteiger partial charge in [-0.1, -0.05) is 20.8 Å². The highest BCUT2D eigenvalue weighted by atomic mass is 35.7. The van der Waals surface area contributed by atoms with Gasteiger partial charge in [-0.2, -0.15) is 8.42 Å². The van der Waals surface area contributed by atoms with Gasteiger partial charge in [0.25, 0.3) is 10.1 Å². The number of nitrogens with zero attached hydrogens (tertiary/aromatic N) is 1. The van der Waals surface area contributed by atoms with Crippen molar-refractivity contribution in [3.8, 4) is 46.0 Å². The summed E-state index contributed by atoms with van der Waals surface area (Å²) in [5.74, 6) is 4.30. The van der Waals surface area contributed by atoms with Crippen molar-refractivity contribution in [3.63, 3.8) is 0 Å². The van der Waals surface area contributed by atoms with Gasteiger partial charge in [-0.05, 0) is 59.2 Å². The summed E-state index contributed by atoms with van der Waals surface area (Å²) >= 11 is 0. The van der Waals surface area contributed by atoms with Gasteiger partial charge in [0.15, 0.2) is 23.0 Å². The Morgan fingerprint density at radius 3 is 1.04 bits per heavy atom. The first-order valence-corrected chi connectivity index (χ1v) is 21.6. The minimum Gasteiger partial charge on any atom is -0.492 e. The highest BCUT2D eigenvalue weighted by Gasteiger charge is 2.26. The van der Waals surface area contributed by atoms with Crippen LogP contribution in [0, 0.1) is 13.8 Å². The highest BCUT2D eigenvalue weighted by Crippen LogP contribution is 2.50. The van der Waals surface area contributed by atoms with Gasteiger partial charge < -0.3 is 47.9 Å². The van der Waals surface area contributed by atoms with Crippen LogP contribution in [-0.4, -0.2) is 129 Å². The quantitative estimate of drug-likeness (QED) is 0.108. The van der Waals surface area contributed by atoms with E-state index in [0.717, 1.165) is 34.8 Å². The van der Waals surface area contributed by atoms with E-state index in [1.54, 1.807) is 42.7 Å². The van der Waals surface area contributed by atoms with Crippen LogP contribution in [0.2, 0.25) is 0 Å². The fraction of sp³-hybridized carbons (Fsp3) is 0.667. The molecule has 0 unspecified atom stereocenters. The fourth-order valence-corrected chi connectivity index (χ4v) is 5.72. The number of rotatable bonds is 19. The summed E-state index contributed by atoms with van der Waals surface area (Å²) in [6.45, 7) is 14.2. The molecule has 0 aliphatic heterocycles. The van der Waals surface area contributed by atoms with Crippen LogP contribution in [0.4, 0.5) is 0 Å². The van der Waals surface area contributed by atoms with Crippen LogP contribution in [0.25, 0.3) is 0 Å². The van der Waals surface area contributed by atoms with Gasteiger partial charge in [-0.3, -0.25) is 4.18 Å². The summed E-state index contributed by atoms with van der Waals surface area (Å²) in [5, 5.41) is 9.01. The number of aliphatic hydroxyl groups is 1. The van der Waals surface area contributed by atoms with Crippen LogP contribution in [-0.2, 0) is 36.2 Å². The number of ether oxygens (including phenoxy) is 8. The molecular weight excluding hydrogens is 770 g/mol. The van der Waals surface area contributed by atoms with Crippen LogP contribution >= 0.6 is 10.7 Å². The van der Waals surface area contributed by atoms with Crippen molar-refractivity contribution in [1.82, 2.24) is 4.90 Å². The van der Waals surface area contributed by atoms with Crippen molar-refractivity contribution in [1.29, 1.82) is 0 Å². The molecule has 0 fully saturated rings. The average Bonchev–Trinajstić information content (AvgIpc) is 3.12. The van der Waals surface area contributed by atoms with Crippen molar-refractivity contribution in [2.24, 2.45) is 0 Å². The van der Waals surface area contributed by atoms with Crippen LogP contribution in [0.1, 0.15) is 55.9 Å². The highest BCUT2D eigenvalue weighted by molar-refractivity contribution is 8.13. The molecule has 18 heteroatoms. The maximum absolute atomic E-state index is 11.0. The normalized spacial score (nSPS) is 10.8. The number of methoxy groups -OCH3 is 8. The molecule has 54 heavy (non-hydrogen) atoms. The van der Waals surface area contributed by atoms with Crippen molar-refractivity contribution in [2.75, 3.05) is 102 Å². The predicted octanol–water partition coefficient (Wildman–Crippen LogP) is 5.43. The molecule has 0 bridgehead atoms. The third kappa shape index (κ3) is 18.0. The molecule has 1 N–H and O–H groups in total. The smallest absolute Gasteiger partial charge is 0.264 e. The fourth-order valence-electron chi connectivity index (χ4n) is 5.29. The van der Waals surface area contributed by atoms with Crippen LogP contribution in [0.15, 0.2) is 0 Å². The SMILES string of the molecule is CCN(CC)CC.COc1c(C)c(CCCO)c(OC)c(OC)c1OC.COc1c(C)c(CCCOS(C)(=O)=O)c(OC)c(OC)c1OC.CS(=O)(=O)Cl. The van der Waals surface area contributed by atoms with Gasteiger partial charge >= 0.3 is 0 Å². The lowest BCUT2D eigenvalue weighted by molar-refractivity contribution is 0.284. The first kappa shape index (κ1) is 53.0. The van der Waals surface area contributed by atoms with Gasteiger partial charge in [-0.25, -0.2) is 8.42 Å². The second kappa shape index (κ2) is 27.5. The molecule has 0 heterocycles. The maximum Gasteiger partial charge on any atom is 0.264 e. The van der Waals surface area contributed by atoms with Gasteiger partial charge in [0.1, 0.15) is 0 Å². The lowest BCUT2D eigenvalue weighted by Gasteiger charge is -2.21. The summed E-state index contributed by atoms with van der Waals surface area (Å²) in [4.78, 5) is 2.38. The molecule has 0 aromatic heterocycles. The number of hydrogen-bond donors (Lipinski definition) is 1. The van der Waals surface area contributed by atoms with Crippen molar-refractivity contribution in [2.45, 2.75) is 60.3 Å². The third-order valence-corrected chi connectivity index (χ3v) is 8.39. The summed E-state index contributed by atoms with van der Waals surface area (Å²) in [7, 11) is 10.3. The van der Waals surface area contributed by atoms with E-state index in [9.17, 15) is 16.8 Å². The molecule has 0 atom stereocenters. The van der Waals surface area contributed by atoms with E-state index in [1.807, 2.05) is 13.8 Å². The Hall–Kier alpha value is -3.09. The van der Waals surface area contributed by atoms with Crippen molar-refractivity contribution >= 4 is 29.9 Å². The Bertz CT molecular complexity index is 1590. The van der Waals surface area contributed by atoms with Gasteiger partial charge in [-0.15, -0.1) is 0 Å².